The smallest absolute Gasteiger partial charge is 0.271 e. The molecule has 9 heteroatoms. The maximum absolute atomic E-state index is 14.4. The van der Waals surface area contributed by atoms with E-state index in [0.29, 0.717) is 57.1 Å². The molecule has 0 fully saturated rings. The van der Waals surface area contributed by atoms with E-state index in [0.717, 1.165) is 24.1 Å². The number of carbonyl (C=O) groups is 2. The molecule has 3 heterocycles. The lowest BCUT2D eigenvalue weighted by molar-refractivity contribution is -0.127. The van der Waals surface area contributed by atoms with Gasteiger partial charge in [-0.25, -0.2) is 4.99 Å². The first-order valence-corrected chi connectivity index (χ1v) is 14.6. The average Bonchev–Trinajstić information content (AvgIpc) is 3.43. The third-order valence-corrected chi connectivity index (χ3v) is 8.65. The van der Waals surface area contributed by atoms with Gasteiger partial charge >= 0.3 is 0 Å². The molecule has 1 aromatic heterocycles. The number of unbranched alkanes of at least 4 members (excludes halogenated alkanes) is 1. The number of fused-ring (bicyclic) bond motifs is 2. The van der Waals surface area contributed by atoms with Crippen LogP contribution in [0.5, 0.6) is 5.75 Å². The van der Waals surface area contributed by atoms with Gasteiger partial charge < -0.3 is 14.5 Å². The fourth-order valence-electron chi connectivity index (χ4n) is 5.55. The van der Waals surface area contributed by atoms with Crippen molar-refractivity contribution in [2.45, 2.75) is 46.6 Å². The molecule has 1 atom stereocenters. The van der Waals surface area contributed by atoms with Crippen molar-refractivity contribution < 1.29 is 14.3 Å². The van der Waals surface area contributed by atoms with Crippen LogP contribution in [0.2, 0.25) is 0 Å². The Bertz CT molecular complexity index is 1700. The molecule has 0 saturated heterocycles. The van der Waals surface area contributed by atoms with Crippen molar-refractivity contribution in [2.24, 2.45) is 4.99 Å². The molecule has 0 spiro atoms. The number of aromatic nitrogens is 1. The molecule has 0 radical (unpaired) electrons. The molecule has 2 aliphatic heterocycles. The molecule has 2 aromatic carbocycles. The number of anilines is 1. The Kier molecular flexibility index (Phi) is 7.76. The Morgan fingerprint density at radius 1 is 1.05 bits per heavy atom. The fraction of sp³-hybridized carbons (Fsp3) is 0.355. The van der Waals surface area contributed by atoms with Crippen LogP contribution in [0.3, 0.4) is 0 Å². The largest absolute Gasteiger partial charge is 0.496 e. The van der Waals surface area contributed by atoms with E-state index in [4.69, 9.17) is 9.73 Å². The predicted molar refractivity (Wildman–Crippen MR) is 157 cm³/mol. The van der Waals surface area contributed by atoms with E-state index in [1.54, 1.807) is 21.5 Å². The molecule has 40 heavy (non-hydrogen) atoms. The van der Waals surface area contributed by atoms with Gasteiger partial charge in [-0.1, -0.05) is 61.1 Å². The predicted octanol–water partition coefficient (Wildman–Crippen LogP) is 3.63. The number of allylic oxidation sites excluding steroid dienone is 1. The number of benzene rings is 2. The minimum absolute atomic E-state index is 0.173. The summed E-state index contributed by atoms with van der Waals surface area (Å²) in [6.45, 7) is 9.39. The van der Waals surface area contributed by atoms with Crippen LogP contribution in [0, 0.1) is 0 Å². The number of likely N-dealkylation sites (N-methyl/N-ethyl adjacent to an activating group) is 1. The van der Waals surface area contributed by atoms with Gasteiger partial charge in [-0.15, -0.1) is 0 Å². The number of rotatable bonds is 8. The van der Waals surface area contributed by atoms with Crippen LogP contribution in [0.15, 0.2) is 69.6 Å². The number of hydrogen-bond acceptors (Lipinski definition) is 6. The van der Waals surface area contributed by atoms with E-state index < -0.39 is 6.04 Å². The SMILES string of the molecule is CCCCN1C(=O)/C(=c2\sc3n(c2=O)[C@@H](c2ccccc2OC)C(C(=O)N(CC)CC)=C(C)N=3)c2ccccc21. The summed E-state index contributed by atoms with van der Waals surface area (Å²) in [5, 5.41) is 0. The van der Waals surface area contributed by atoms with E-state index in [9.17, 15) is 14.4 Å². The van der Waals surface area contributed by atoms with Crippen LogP contribution in [-0.4, -0.2) is 48.0 Å². The van der Waals surface area contributed by atoms with Gasteiger partial charge in [0.1, 0.15) is 16.3 Å². The molecule has 2 aliphatic rings. The highest BCUT2D eigenvalue weighted by atomic mass is 32.1. The number of ether oxygens (including phenoxy) is 1. The van der Waals surface area contributed by atoms with Gasteiger partial charge in [0.2, 0.25) is 0 Å². The van der Waals surface area contributed by atoms with Crippen LogP contribution < -0.4 is 24.5 Å². The third-order valence-electron chi connectivity index (χ3n) is 7.60. The standard InChI is InChI=1S/C31H34N4O4S/c1-6-9-18-34-22-16-12-10-14-20(22)25(29(34)37)27-30(38)35-26(21-15-11-13-17-23(21)39-5)24(19(4)32-31(35)40-27)28(36)33(7-2)8-3/h10-17,26H,6-9,18H2,1-5H3/b27-25-/t26-/m0/s1. The van der Waals surface area contributed by atoms with Gasteiger partial charge in [-0.2, -0.15) is 0 Å². The summed E-state index contributed by atoms with van der Waals surface area (Å²) in [7, 11) is 1.58. The Balaban J connectivity index is 1.81. The number of methoxy groups -OCH3 is 1. The number of amides is 2. The van der Waals surface area contributed by atoms with Gasteiger partial charge in [0.25, 0.3) is 17.4 Å². The maximum Gasteiger partial charge on any atom is 0.271 e. The van der Waals surface area contributed by atoms with Crippen molar-refractivity contribution in [3.05, 3.63) is 90.6 Å². The van der Waals surface area contributed by atoms with Crippen molar-refractivity contribution in [2.75, 3.05) is 31.6 Å². The van der Waals surface area contributed by atoms with E-state index in [1.165, 1.54) is 11.3 Å². The number of carbonyl (C=O) groups excluding carboxylic acids is 2. The zero-order valence-electron chi connectivity index (χ0n) is 23.6. The summed E-state index contributed by atoms with van der Waals surface area (Å²) >= 11 is 1.20. The maximum atomic E-state index is 14.4. The first-order chi connectivity index (χ1) is 19.4. The van der Waals surface area contributed by atoms with Gasteiger partial charge in [0.15, 0.2) is 4.80 Å². The molecule has 3 aromatic rings. The fourth-order valence-corrected chi connectivity index (χ4v) is 6.69. The molecule has 0 N–H and O–H groups in total. The Morgan fingerprint density at radius 3 is 2.45 bits per heavy atom. The Labute approximate surface area is 237 Å². The lowest BCUT2D eigenvalue weighted by atomic mass is 9.94. The van der Waals surface area contributed by atoms with Crippen LogP contribution in [0.4, 0.5) is 5.69 Å². The quantitative estimate of drug-likeness (QED) is 0.423. The number of hydrogen-bond donors (Lipinski definition) is 0. The average molecular weight is 559 g/mol. The van der Waals surface area contributed by atoms with Crippen LogP contribution in [-0.2, 0) is 9.59 Å². The Morgan fingerprint density at radius 2 is 1.75 bits per heavy atom. The van der Waals surface area contributed by atoms with Crippen molar-refractivity contribution in [3.8, 4) is 5.75 Å². The van der Waals surface area contributed by atoms with Crippen molar-refractivity contribution in [1.29, 1.82) is 0 Å². The second kappa shape index (κ2) is 11.3. The molecule has 0 bridgehead atoms. The van der Waals surface area contributed by atoms with E-state index in [1.807, 2.05) is 69.3 Å². The number of thiazole rings is 1. The summed E-state index contributed by atoms with van der Waals surface area (Å²) in [4.78, 5) is 50.8. The molecule has 0 unspecified atom stereocenters. The minimum Gasteiger partial charge on any atom is -0.496 e. The summed E-state index contributed by atoms with van der Waals surface area (Å²) in [5.41, 5.74) is 3.29. The van der Waals surface area contributed by atoms with E-state index in [2.05, 4.69) is 6.92 Å². The Hall–Kier alpha value is -3.98. The highest BCUT2D eigenvalue weighted by Crippen LogP contribution is 2.37. The molecular formula is C31H34N4O4S. The van der Waals surface area contributed by atoms with Crippen LogP contribution in [0.25, 0.3) is 5.57 Å². The lowest BCUT2D eigenvalue weighted by Gasteiger charge is -2.29. The van der Waals surface area contributed by atoms with Gasteiger partial charge in [0, 0.05) is 30.8 Å². The van der Waals surface area contributed by atoms with E-state index >= 15 is 0 Å². The summed E-state index contributed by atoms with van der Waals surface area (Å²) in [6, 6.07) is 14.3. The number of nitrogens with zero attached hydrogens (tertiary/aromatic N) is 4. The molecule has 0 aliphatic carbocycles. The molecular weight excluding hydrogens is 524 g/mol. The first-order valence-electron chi connectivity index (χ1n) is 13.8. The molecule has 0 saturated carbocycles. The minimum atomic E-state index is -0.752. The zero-order chi connectivity index (χ0) is 28.6. The van der Waals surface area contributed by atoms with E-state index in [-0.39, 0.29) is 17.4 Å². The second-order valence-electron chi connectivity index (χ2n) is 9.82. The van der Waals surface area contributed by atoms with Crippen molar-refractivity contribution in [1.82, 2.24) is 9.47 Å². The zero-order valence-corrected chi connectivity index (χ0v) is 24.4. The summed E-state index contributed by atoms with van der Waals surface area (Å²) in [5.74, 6) is 0.218. The number of para-hydroxylation sites is 2. The second-order valence-corrected chi connectivity index (χ2v) is 10.8. The molecule has 5 rings (SSSR count). The molecule has 208 valence electrons. The summed E-state index contributed by atoms with van der Waals surface area (Å²) < 4.78 is 7.60. The van der Waals surface area contributed by atoms with Gasteiger partial charge in [-0.05, 0) is 39.3 Å². The molecule has 2 amide bonds. The van der Waals surface area contributed by atoms with Crippen LogP contribution in [0.1, 0.15) is 57.7 Å². The van der Waals surface area contributed by atoms with Crippen LogP contribution >= 0.6 is 11.3 Å². The van der Waals surface area contributed by atoms with Crippen molar-refractivity contribution in [3.63, 3.8) is 0 Å². The highest BCUT2D eigenvalue weighted by molar-refractivity contribution is 7.07. The third kappa shape index (κ3) is 4.38. The first kappa shape index (κ1) is 27.6. The summed E-state index contributed by atoms with van der Waals surface area (Å²) in [6.07, 6.45) is 1.81. The highest BCUT2D eigenvalue weighted by Gasteiger charge is 2.38. The monoisotopic (exact) mass is 558 g/mol. The lowest BCUT2D eigenvalue weighted by Crippen LogP contribution is -2.43. The molecule has 8 nitrogen and oxygen atoms in total. The van der Waals surface area contributed by atoms with Gasteiger partial charge in [-0.3, -0.25) is 19.0 Å². The van der Waals surface area contributed by atoms with Gasteiger partial charge in [0.05, 0.1) is 29.6 Å². The normalized spacial score (nSPS) is 17.5. The topological polar surface area (TPSA) is 84.2 Å². The van der Waals surface area contributed by atoms with Crippen molar-refractivity contribution >= 4 is 34.4 Å².